The summed E-state index contributed by atoms with van der Waals surface area (Å²) in [5, 5.41) is 14.4. The van der Waals surface area contributed by atoms with Gasteiger partial charge in [-0.25, -0.2) is 0 Å². The first kappa shape index (κ1) is 22.0. The summed E-state index contributed by atoms with van der Waals surface area (Å²) in [5.74, 6) is 0.189. The molecule has 1 aliphatic rings. The quantitative estimate of drug-likeness (QED) is 0.449. The third kappa shape index (κ3) is 3.44. The van der Waals surface area contributed by atoms with E-state index in [9.17, 15) is 9.90 Å². The van der Waals surface area contributed by atoms with E-state index in [1.54, 1.807) is 23.6 Å². The average molecular weight is 438 g/mol. The van der Waals surface area contributed by atoms with E-state index in [1.165, 1.54) is 6.42 Å². The zero-order valence-corrected chi connectivity index (χ0v) is 19.1. The molecule has 0 saturated heterocycles. The highest BCUT2D eigenvalue weighted by Crippen LogP contribution is 2.38. The molecule has 0 atom stereocenters. The largest absolute Gasteiger partial charge is 0.508 e. The maximum Gasteiger partial charge on any atom is 0.253 e. The van der Waals surface area contributed by atoms with Gasteiger partial charge < -0.3 is 26.6 Å². The Morgan fingerprint density at radius 3 is 2.59 bits per heavy atom. The monoisotopic (exact) mass is 437 g/mol. The van der Waals surface area contributed by atoms with E-state index in [-0.39, 0.29) is 22.7 Å². The normalized spacial score (nSPS) is 15.0. The van der Waals surface area contributed by atoms with Crippen molar-refractivity contribution in [2.75, 3.05) is 18.9 Å². The fraction of sp³-hybridized carbons (Fsp3) is 0.417. The van der Waals surface area contributed by atoms with Crippen molar-refractivity contribution in [1.29, 1.82) is 0 Å². The van der Waals surface area contributed by atoms with Gasteiger partial charge in [0, 0.05) is 16.5 Å². The number of nitrogens with zero attached hydrogens (tertiary/aromatic N) is 2. The lowest BCUT2D eigenvalue weighted by Gasteiger charge is -2.42. The second-order valence-electron chi connectivity index (χ2n) is 8.77. The molecule has 32 heavy (non-hydrogen) atoms. The predicted octanol–water partition coefficient (Wildman–Crippen LogP) is 3.25. The number of fused-ring (bicyclic) bond motifs is 1. The van der Waals surface area contributed by atoms with Gasteiger partial charge in [-0.15, -0.1) is 0 Å². The fourth-order valence-corrected chi connectivity index (χ4v) is 4.66. The van der Waals surface area contributed by atoms with Crippen molar-refractivity contribution >= 4 is 22.8 Å². The van der Waals surface area contributed by atoms with E-state index in [4.69, 9.17) is 21.2 Å². The molecule has 2 aromatic heterocycles. The lowest BCUT2D eigenvalue weighted by atomic mass is 9.77. The molecule has 1 amide bonds. The Hall–Kier alpha value is -3.26. The molecule has 3 aromatic rings. The number of aryl methyl sites for hydroxylation is 2. The van der Waals surface area contributed by atoms with Crippen LogP contribution in [0.25, 0.3) is 16.7 Å². The number of carbonyl (C=O) groups excluding carboxylic acids is 1. The summed E-state index contributed by atoms with van der Waals surface area (Å²) >= 11 is 0. The zero-order valence-electron chi connectivity index (χ0n) is 19.1. The molecule has 0 radical (unpaired) electrons. The number of nitrogens with one attached hydrogen (secondary N) is 1. The SMILES string of the molecule is CCNC1(COc2nc3c(cc2C)c(C(N)=O)c(N)n3-c2c(C)ccc(O)c2C)CCC1. The van der Waals surface area contributed by atoms with Crippen molar-refractivity contribution in [2.45, 2.75) is 52.5 Å². The van der Waals surface area contributed by atoms with Crippen molar-refractivity contribution in [3.05, 3.63) is 40.5 Å². The van der Waals surface area contributed by atoms with Gasteiger partial charge in [0.15, 0.2) is 5.65 Å². The molecule has 0 spiro atoms. The Bertz CT molecular complexity index is 1210. The number of primary amides is 1. The molecule has 6 N–H and O–H groups in total. The number of nitrogen functional groups attached to an aromatic ring is 1. The average Bonchev–Trinajstić information content (AvgIpc) is 2.98. The standard InChI is InChI=1S/C24H31N5O3/c1-5-27-24(9-6-10-24)12-32-23-14(3)11-16-18(21(26)31)20(25)29(22(16)28-23)19-13(2)7-8-17(30)15(19)4/h7-8,11,27,30H,5-6,9-10,12,25H2,1-4H3,(H2,26,31). The van der Waals surface area contributed by atoms with E-state index in [2.05, 4.69) is 12.2 Å². The highest BCUT2D eigenvalue weighted by molar-refractivity contribution is 6.11. The van der Waals surface area contributed by atoms with Gasteiger partial charge in [-0.3, -0.25) is 9.36 Å². The molecular formula is C24H31N5O3. The van der Waals surface area contributed by atoms with Crippen LogP contribution in [-0.4, -0.2) is 39.3 Å². The molecule has 0 aliphatic heterocycles. The predicted molar refractivity (Wildman–Crippen MR) is 126 cm³/mol. The number of anilines is 1. The zero-order chi connectivity index (χ0) is 23.2. The summed E-state index contributed by atoms with van der Waals surface area (Å²) in [6, 6.07) is 5.28. The third-order valence-corrected chi connectivity index (χ3v) is 6.55. The number of aromatic nitrogens is 2. The number of benzene rings is 1. The van der Waals surface area contributed by atoms with Crippen molar-refractivity contribution < 1.29 is 14.6 Å². The minimum Gasteiger partial charge on any atom is -0.508 e. The lowest BCUT2D eigenvalue weighted by molar-refractivity contribution is 0.100. The third-order valence-electron chi connectivity index (χ3n) is 6.55. The summed E-state index contributed by atoms with van der Waals surface area (Å²) in [6.07, 6.45) is 3.32. The summed E-state index contributed by atoms with van der Waals surface area (Å²) in [4.78, 5) is 17.1. The molecular weight excluding hydrogens is 406 g/mol. The topological polar surface area (TPSA) is 128 Å². The van der Waals surface area contributed by atoms with Crippen LogP contribution in [0.15, 0.2) is 18.2 Å². The Balaban J connectivity index is 1.89. The molecule has 8 nitrogen and oxygen atoms in total. The van der Waals surface area contributed by atoms with Gasteiger partial charge in [-0.1, -0.05) is 13.0 Å². The van der Waals surface area contributed by atoms with E-state index < -0.39 is 5.91 Å². The molecule has 1 fully saturated rings. The van der Waals surface area contributed by atoms with E-state index in [1.807, 2.05) is 19.9 Å². The molecule has 170 valence electrons. The van der Waals surface area contributed by atoms with E-state index in [0.29, 0.717) is 34.8 Å². The van der Waals surface area contributed by atoms with Crippen LogP contribution in [0.2, 0.25) is 0 Å². The molecule has 1 aromatic carbocycles. The first-order valence-electron chi connectivity index (χ1n) is 11.0. The maximum atomic E-state index is 12.3. The second kappa shape index (κ2) is 8.02. The first-order valence-corrected chi connectivity index (χ1v) is 11.0. The van der Waals surface area contributed by atoms with E-state index >= 15 is 0 Å². The Morgan fingerprint density at radius 2 is 2.00 bits per heavy atom. The molecule has 8 heteroatoms. The number of amides is 1. The number of pyridine rings is 1. The van der Waals surface area contributed by atoms with Gasteiger partial charge >= 0.3 is 0 Å². The maximum absolute atomic E-state index is 12.3. The summed E-state index contributed by atoms with van der Waals surface area (Å²) in [6.45, 7) is 9.10. The Morgan fingerprint density at radius 1 is 1.28 bits per heavy atom. The van der Waals surface area contributed by atoms with Crippen molar-refractivity contribution in [3.8, 4) is 17.3 Å². The van der Waals surface area contributed by atoms with Crippen LogP contribution in [0.4, 0.5) is 5.82 Å². The van der Waals surface area contributed by atoms with Gasteiger partial charge in [0.2, 0.25) is 5.88 Å². The van der Waals surface area contributed by atoms with Crippen molar-refractivity contribution in [2.24, 2.45) is 5.73 Å². The summed E-state index contributed by atoms with van der Waals surface area (Å²) in [5.41, 5.74) is 15.8. The summed E-state index contributed by atoms with van der Waals surface area (Å²) < 4.78 is 7.89. The van der Waals surface area contributed by atoms with Gasteiger partial charge in [0.1, 0.15) is 18.2 Å². The minimum absolute atomic E-state index is 0.0182. The number of hydrogen-bond donors (Lipinski definition) is 4. The number of likely N-dealkylation sites (N-methyl/N-ethyl adjacent to an activating group) is 1. The molecule has 2 heterocycles. The number of nitrogens with two attached hydrogens (primary N) is 2. The summed E-state index contributed by atoms with van der Waals surface area (Å²) in [7, 11) is 0. The van der Waals surface area contributed by atoms with Gasteiger partial charge in [0.05, 0.1) is 16.8 Å². The van der Waals surface area contributed by atoms with Crippen LogP contribution in [0.1, 0.15) is 53.2 Å². The number of hydrogen-bond acceptors (Lipinski definition) is 6. The van der Waals surface area contributed by atoms with Gasteiger partial charge in [0.25, 0.3) is 5.91 Å². The van der Waals surface area contributed by atoms with Crippen LogP contribution in [0, 0.1) is 20.8 Å². The van der Waals surface area contributed by atoms with Crippen LogP contribution in [0.3, 0.4) is 0 Å². The van der Waals surface area contributed by atoms with Crippen molar-refractivity contribution in [3.63, 3.8) is 0 Å². The fourth-order valence-electron chi connectivity index (χ4n) is 4.66. The highest BCUT2D eigenvalue weighted by Gasteiger charge is 2.37. The minimum atomic E-state index is -0.628. The molecule has 0 bridgehead atoms. The first-order chi connectivity index (χ1) is 15.2. The van der Waals surface area contributed by atoms with Gasteiger partial charge in [-0.05, 0) is 64.3 Å². The Labute approximate surface area is 187 Å². The molecule has 4 rings (SSSR count). The number of aromatic hydroxyl groups is 1. The highest BCUT2D eigenvalue weighted by atomic mass is 16.5. The number of ether oxygens (including phenoxy) is 1. The van der Waals surface area contributed by atoms with Crippen LogP contribution >= 0.6 is 0 Å². The molecule has 1 saturated carbocycles. The van der Waals surface area contributed by atoms with Crippen LogP contribution in [-0.2, 0) is 0 Å². The lowest BCUT2D eigenvalue weighted by Crippen LogP contribution is -2.55. The van der Waals surface area contributed by atoms with Gasteiger partial charge in [-0.2, -0.15) is 4.98 Å². The smallest absolute Gasteiger partial charge is 0.253 e. The van der Waals surface area contributed by atoms with Crippen LogP contribution < -0.4 is 21.5 Å². The van der Waals surface area contributed by atoms with Crippen LogP contribution in [0.5, 0.6) is 11.6 Å². The second-order valence-corrected chi connectivity index (χ2v) is 8.77. The Kier molecular flexibility index (Phi) is 5.50. The molecule has 1 aliphatic carbocycles. The van der Waals surface area contributed by atoms with Crippen molar-refractivity contribution in [1.82, 2.24) is 14.9 Å². The number of carbonyl (C=O) groups is 1. The number of rotatable bonds is 7. The number of phenols is 1. The number of phenolic OH excluding ortho intramolecular Hbond substituents is 1. The molecule has 0 unspecified atom stereocenters. The van der Waals surface area contributed by atoms with E-state index in [0.717, 1.165) is 30.5 Å².